The minimum Gasteiger partial charge on any atom is -0.337 e. The molecule has 24 heavy (non-hydrogen) atoms. The van der Waals surface area contributed by atoms with E-state index in [-0.39, 0.29) is 18.1 Å². The van der Waals surface area contributed by atoms with Crippen LogP contribution in [-0.2, 0) is 6.54 Å². The van der Waals surface area contributed by atoms with Gasteiger partial charge in [0.25, 0.3) is 0 Å². The van der Waals surface area contributed by atoms with E-state index < -0.39 is 6.17 Å². The molecule has 2 heterocycles. The van der Waals surface area contributed by atoms with Gasteiger partial charge in [0, 0.05) is 49.7 Å². The maximum Gasteiger partial charge on any atom is 0.315 e. The summed E-state index contributed by atoms with van der Waals surface area (Å²) in [5, 5.41) is 5.83. The van der Waals surface area contributed by atoms with Gasteiger partial charge in [-0.05, 0) is 25.7 Å². The topological polar surface area (TPSA) is 70.2 Å². The first-order valence-corrected chi connectivity index (χ1v) is 8.54. The van der Waals surface area contributed by atoms with E-state index in [4.69, 9.17) is 0 Å². The number of nitrogens with one attached hydrogen (secondary N) is 2. The number of carbonyl (C=O) groups is 1. The number of allylic oxidation sites excluding steroid dienone is 1. The van der Waals surface area contributed by atoms with Gasteiger partial charge in [0.2, 0.25) is 0 Å². The number of urea groups is 1. The Labute approximate surface area is 141 Å². The molecule has 2 N–H and O–H groups in total. The lowest BCUT2D eigenvalue weighted by Gasteiger charge is -2.25. The molecule has 1 fully saturated rings. The molecule has 0 saturated carbocycles. The van der Waals surface area contributed by atoms with E-state index in [0.29, 0.717) is 26.1 Å². The molecule has 0 aromatic carbocycles. The maximum absolute atomic E-state index is 13.8. The van der Waals surface area contributed by atoms with Crippen LogP contribution in [0.5, 0.6) is 0 Å². The van der Waals surface area contributed by atoms with Gasteiger partial charge in [-0.2, -0.15) is 0 Å². The van der Waals surface area contributed by atoms with Crippen LogP contribution in [0.4, 0.5) is 9.18 Å². The summed E-state index contributed by atoms with van der Waals surface area (Å²) in [7, 11) is 0. The lowest BCUT2D eigenvalue weighted by molar-refractivity contribution is 0.217. The van der Waals surface area contributed by atoms with Crippen molar-refractivity contribution in [1.29, 1.82) is 0 Å². The highest BCUT2D eigenvalue weighted by atomic mass is 19.1. The average Bonchev–Trinajstić information content (AvgIpc) is 2.94. The van der Waals surface area contributed by atoms with Crippen molar-refractivity contribution in [3.05, 3.63) is 36.4 Å². The monoisotopic (exact) mass is 333 g/mol. The van der Waals surface area contributed by atoms with Gasteiger partial charge in [-0.3, -0.25) is 4.90 Å². The SMILES string of the molecule is O=C(NC[C@@H]1C[C@H](F)CN1Cc1cncnc1)NC1C=CCCC1. The molecule has 7 heteroatoms. The van der Waals surface area contributed by atoms with E-state index in [1.807, 2.05) is 11.0 Å². The summed E-state index contributed by atoms with van der Waals surface area (Å²) in [6, 6.07) is -0.0847. The fourth-order valence-corrected chi connectivity index (χ4v) is 3.34. The quantitative estimate of drug-likeness (QED) is 0.806. The Hall–Kier alpha value is -2.02. The van der Waals surface area contributed by atoms with Crippen molar-refractivity contribution in [2.75, 3.05) is 13.1 Å². The van der Waals surface area contributed by atoms with Crippen molar-refractivity contribution in [2.45, 2.75) is 50.5 Å². The minimum atomic E-state index is -0.856. The molecule has 2 aliphatic rings. The zero-order chi connectivity index (χ0) is 16.8. The Morgan fingerprint density at radius 2 is 2.21 bits per heavy atom. The first kappa shape index (κ1) is 16.8. The summed E-state index contributed by atoms with van der Waals surface area (Å²) in [6.07, 6.45) is 11.8. The van der Waals surface area contributed by atoms with Crippen LogP contribution in [-0.4, -0.2) is 52.2 Å². The standard InChI is InChI=1S/C17H24FN5O/c18-14-6-16(23(11-14)10-13-7-19-12-20-8-13)9-21-17(24)22-15-4-2-1-3-5-15/h2,4,7-8,12,14-16H,1,3,5-6,9-11H2,(H2,21,22,24)/t14-,15?,16-/m0/s1. The molecule has 1 aromatic heterocycles. The maximum atomic E-state index is 13.8. The molecule has 0 spiro atoms. The number of nitrogens with zero attached hydrogens (tertiary/aromatic N) is 3. The van der Waals surface area contributed by atoms with Crippen LogP contribution in [0.1, 0.15) is 31.2 Å². The van der Waals surface area contributed by atoms with E-state index in [1.165, 1.54) is 6.33 Å². The summed E-state index contributed by atoms with van der Waals surface area (Å²) >= 11 is 0. The van der Waals surface area contributed by atoms with Gasteiger partial charge in [0.15, 0.2) is 0 Å². The van der Waals surface area contributed by atoms with Crippen LogP contribution < -0.4 is 10.6 Å². The molecule has 2 amide bonds. The predicted molar refractivity (Wildman–Crippen MR) is 89.1 cm³/mol. The first-order valence-electron chi connectivity index (χ1n) is 8.54. The molecule has 1 saturated heterocycles. The van der Waals surface area contributed by atoms with Gasteiger partial charge in [0.1, 0.15) is 12.5 Å². The molecule has 6 nitrogen and oxygen atoms in total. The summed E-state index contributed by atoms with van der Waals surface area (Å²) < 4.78 is 13.8. The molecule has 3 rings (SSSR count). The molecule has 130 valence electrons. The lowest BCUT2D eigenvalue weighted by atomic mass is 10.0. The smallest absolute Gasteiger partial charge is 0.315 e. The molecule has 0 radical (unpaired) electrons. The lowest BCUT2D eigenvalue weighted by Crippen LogP contribution is -2.46. The number of hydrogen-bond acceptors (Lipinski definition) is 4. The van der Waals surface area contributed by atoms with Crippen LogP contribution in [0, 0.1) is 0 Å². The highest BCUT2D eigenvalue weighted by molar-refractivity contribution is 5.74. The minimum absolute atomic E-state index is 0.00662. The molecule has 1 aliphatic heterocycles. The summed E-state index contributed by atoms with van der Waals surface area (Å²) in [6.45, 7) is 1.42. The molecule has 1 unspecified atom stereocenters. The fraction of sp³-hybridized carbons (Fsp3) is 0.588. The third-order valence-electron chi connectivity index (χ3n) is 4.55. The number of carbonyl (C=O) groups excluding carboxylic acids is 1. The van der Waals surface area contributed by atoms with E-state index in [2.05, 4.69) is 26.7 Å². The molecular weight excluding hydrogens is 309 g/mol. The van der Waals surface area contributed by atoms with Gasteiger partial charge in [-0.25, -0.2) is 19.2 Å². The van der Waals surface area contributed by atoms with Crippen LogP contribution in [0.2, 0.25) is 0 Å². The van der Waals surface area contributed by atoms with Gasteiger partial charge < -0.3 is 10.6 Å². The zero-order valence-corrected chi connectivity index (χ0v) is 13.7. The molecular formula is C17H24FN5O. The number of likely N-dealkylation sites (tertiary alicyclic amines) is 1. The second-order valence-corrected chi connectivity index (χ2v) is 6.48. The number of hydrogen-bond donors (Lipinski definition) is 2. The predicted octanol–water partition coefficient (Wildman–Crippen LogP) is 1.80. The summed E-state index contributed by atoms with van der Waals surface area (Å²) in [5.41, 5.74) is 0.952. The summed E-state index contributed by atoms with van der Waals surface area (Å²) in [4.78, 5) is 22.1. The van der Waals surface area contributed by atoms with Crippen molar-refractivity contribution >= 4 is 6.03 Å². The van der Waals surface area contributed by atoms with E-state index in [9.17, 15) is 9.18 Å². The second kappa shape index (κ2) is 8.19. The molecule has 0 bridgehead atoms. The van der Waals surface area contributed by atoms with Gasteiger partial charge in [-0.1, -0.05) is 12.2 Å². The normalized spacial score (nSPS) is 27.1. The van der Waals surface area contributed by atoms with Crippen LogP contribution >= 0.6 is 0 Å². The number of halogens is 1. The van der Waals surface area contributed by atoms with Gasteiger partial charge in [0.05, 0.1) is 0 Å². The molecule has 3 atom stereocenters. The Bertz CT molecular complexity index is 567. The molecule has 1 aliphatic carbocycles. The summed E-state index contributed by atoms with van der Waals surface area (Å²) in [5.74, 6) is 0. The van der Waals surface area contributed by atoms with E-state index in [1.54, 1.807) is 12.4 Å². The third-order valence-corrected chi connectivity index (χ3v) is 4.55. The van der Waals surface area contributed by atoms with Crippen molar-refractivity contribution < 1.29 is 9.18 Å². The number of rotatable bonds is 5. The Morgan fingerprint density at radius 1 is 1.38 bits per heavy atom. The Morgan fingerprint density at radius 3 is 2.96 bits per heavy atom. The van der Waals surface area contributed by atoms with Crippen LogP contribution in [0.3, 0.4) is 0 Å². The van der Waals surface area contributed by atoms with E-state index >= 15 is 0 Å². The van der Waals surface area contributed by atoms with Crippen molar-refractivity contribution in [3.8, 4) is 0 Å². The number of alkyl halides is 1. The highest BCUT2D eigenvalue weighted by Gasteiger charge is 2.32. The third kappa shape index (κ3) is 4.74. The Kier molecular flexibility index (Phi) is 5.74. The second-order valence-electron chi connectivity index (χ2n) is 6.48. The number of amides is 2. The highest BCUT2D eigenvalue weighted by Crippen LogP contribution is 2.22. The largest absolute Gasteiger partial charge is 0.337 e. The average molecular weight is 333 g/mol. The van der Waals surface area contributed by atoms with Crippen LogP contribution in [0.25, 0.3) is 0 Å². The number of aromatic nitrogens is 2. The molecule has 1 aromatic rings. The van der Waals surface area contributed by atoms with Crippen molar-refractivity contribution in [2.24, 2.45) is 0 Å². The van der Waals surface area contributed by atoms with Crippen LogP contribution in [0.15, 0.2) is 30.9 Å². The zero-order valence-electron chi connectivity index (χ0n) is 13.7. The first-order chi connectivity index (χ1) is 11.7. The van der Waals surface area contributed by atoms with E-state index in [0.717, 1.165) is 24.8 Å². The fourth-order valence-electron chi connectivity index (χ4n) is 3.34. The van der Waals surface area contributed by atoms with Gasteiger partial charge >= 0.3 is 6.03 Å². The van der Waals surface area contributed by atoms with Crippen molar-refractivity contribution in [1.82, 2.24) is 25.5 Å². The van der Waals surface area contributed by atoms with Gasteiger partial charge in [-0.15, -0.1) is 0 Å². The Balaban J connectivity index is 1.48. The van der Waals surface area contributed by atoms with Crippen molar-refractivity contribution in [3.63, 3.8) is 0 Å².